The maximum absolute atomic E-state index is 2.47. The van der Waals surface area contributed by atoms with Crippen LogP contribution in [0.15, 0.2) is 237 Å². The van der Waals surface area contributed by atoms with E-state index in [4.69, 9.17) is 0 Å². The summed E-state index contributed by atoms with van der Waals surface area (Å²) < 4.78 is 6.38. The summed E-state index contributed by atoms with van der Waals surface area (Å²) in [5, 5.41) is 2.56. The zero-order chi connectivity index (χ0) is 80.5. The number of aryl methyl sites for hydroxylation is 7. The first kappa shape index (κ1) is 97.7. The van der Waals surface area contributed by atoms with Crippen molar-refractivity contribution >= 4 is 44.9 Å². The highest BCUT2D eigenvalue weighted by molar-refractivity contribution is 6.01. The van der Waals surface area contributed by atoms with Crippen molar-refractivity contribution in [1.82, 2.24) is 14.5 Å². The van der Waals surface area contributed by atoms with Crippen molar-refractivity contribution in [2.45, 2.75) is 226 Å². The van der Waals surface area contributed by atoms with Gasteiger partial charge in [0.2, 0.25) is 5.69 Å². The molecule has 0 bridgehead atoms. The van der Waals surface area contributed by atoms with E-state index in [0.717, 1.165) is 0 Å². The molecule has 0 saturated heterocycles. The van der Waals surface area contributed by atoms with E-state index in [1.54, 1.807) is 0 Å². The fourth-order valence-electron chi connectivity index (χ4n) is 11.8. The van der Waals surface area contributed by atoms with Crippen LogP contribution < -0.4 is 28.8 Å². The Labute approximate surface area is 644 Å². The van der Waals surface area contributed by atoms with E-state index in [2.05, 4.69) is 352 Å². The van der Waals surface area contributed by atoms with E-state index in [1.807, 2.05) is 172 Å². The topological polar surface area (TPSA) is 32.1 Å². The number of hydrogen-bond acceptors (Lipinski definition) is 6. The Balaban J connectivity index is 0. The van der Waals surface area contributed by atoms with Gasteiger partial charge >= 0.3 is 0 Å². The third-order valence-corrected chi connectivity index (χ3v) is 16.9. The fourth-order valence-corrected chi connectivity index (χ4v) is 11.8. The minimum Gasteiger partial charge on any atom is -0.359 e. The molecule has 0 N–H and O–H groups in total. The molecule has 4 aliphatic heterocycles. The molecule has 9 nitrogen and oxygen atoms in total. The maximum Gasteiger partial charge on any atom is 0.213 e. The molecule has 2 aromatic heterocycles. The number of para-hydroxylation sites is 6. The summed E-state index contributed by atoms with van der Waals surface area (Å²) in [6.07, 6.45) is 13.9. The van der Waals surface area contributed by atoms with Crippen molar-refractivity contribution in [1.29, 1.82) is 0 Å². The molecule has 0 spiro atoms. The molecule has 105 heavy (non-hydrogen) atoms. The van der Waals surface area contributed by atoms with Crippen molar-refractivity contribution in [3.63, 3.8) is 0 Å². The molecule has 10 aromatic rings. The summed E-state index contributed by atoms with van der Waals surface area (Å²) >= 11 is 0. The first-order valence-corrected chi connectivity index (χ1v) is 40.0. The van der Waals surface area contributed by atoms with Crippen molar-refractivity contribution in [2.24, 2.45) is 14.1 Å². The van der Waals surface area contributed by atoms with Crippen LogP contribution in [0.5, 0.6) is 0 Å². The minimum atomic E-state index is 0.350. The van der Waals surface area contributed by atoms with Crippen LogP contribution >= 0.6 is 0 Å². The van der Waals surface area contributed by atoms with Crippen molar-refractivity contribution in [2.75, 3.05) is 40.7 Å². The zero-order valence-corrected chi connectivity index (χ0v) is 72.8. The molecule has 0 unspecified atom stereocenters. The van der Waals surface area contributed by atoms with Gasteiger partial charge in [0.1, 0.15) is 31.2 Å². The fraction of sp³-hybridized carbons (Fsp3) is 0.396. The van der Waals surface area contributed by atoms with Crippen molar-refractivity contribution in [3.8, 4) is 28.1 Å². The molecule has 8 aromatic carbocycles. The number of aromatic nitrogens is 3. The molecule has 3 atom stereocenters. The highest BCUT2D eigenvalue weighted by Crippen LogP contribution is 2.49. The molecule has 14 rings (SSSR count). The first-order chi connectivity index (χ1) is 51.1. The smallest absolute Gasteiger partial charge is 0.213 e. The summed E-state index contributed by atoms with van der Waals surface area (Å²) in [5.41, 5.74) is 22.2. The van der Waals surface area contributed by atoms with E-state index in [0.29, 0.717) is 18.5 Å². The van der Waals surface area contributed by atoms with E-state index in [9.17, 15) is 0 Å². The quantitative estimate of drug-likeness (QED) is 0.163. The second-order valence-electron chi connectivity index (χ2n) is 22.3. The predicted molar refractivity (Wildman–Crippen MR) is 474 cm³/mol. The van der Waals surface area contributed by atoms with Gasteiger partial charge in [0.15, 0.2) is 19.4 Å². The highest BCUT2D eigenvalue weighted by atomic mass is 15.4. The van der Waals surface area contributed by atoms with Crippen LogP contribution in [0.25, 0.3) is 44.5 Å². The lowest BCUT2D eigenvalue weighted by molar-refractivity contribution is -0.744. The lowest BCUT2D eigenvalue weighted by Crippen LogP contribution is -2.36. The Morgan fingerprint density at radius 1 is 0.324 bits per heavy atom. The second kappa shape index (κ2) is 55.2. The first-order valence-electron chi connectivity index (χ1n) is 40.0. The highest BCUT2D eigenvalue weighted by Gasteiger charge is 2.36. The van der Waals surface area contributed by atoms with Crippen LogP contribution in [-0.4, -0.2) is 54.1 Å². The molecule has 9 heteroatoms. The summed E-state index contributed by atoms with van der Waals surface area (Å²) in [4.78, 5) is 14.0. The summed E-state index contributed by atoms with van der Waals surface area (Å²) in [5.74, 6) is 0. The van der Waals surface area contributed by atoms with E-state index in [-0.39, 0.29) is 0 Å². The summed E-state index contributed by atoms with van der Waals surface area (Å²) in [6.45, 7) is 61.5. The molecule has 0 amide bonds. The zero-order valence-electron chi connectivity index (χ0n) is 72.8. The number of anilines is 5. The molecule has 0 saturated carbocycles. The average molecular weight is 1430 g/mol. The molecule has 0 fully saturated rings. The average Bonchev–Trinajstić information content (AvgIpc) is 1.69. The van der Waals surface area contributed by atoms with Gasteiger partial charge in [-0.2, -0.15) is 0 Å². The van der Waals surface area contributed by atoms with Gasteiger partial charge in [-0.05, 0) is 137 Å². The molecular formula is C96H147N9+2. The Bertz CT molecular complexity index is 3970. The van der Waals surface area contributed by atoms with Gasteiger partial charge in [-0.1, -0.05) is 298 Å². The molecule has 0 aliphatic carbocycles. The van der Waals surface area contributed by atoms with Gasteiger partial charge in [-0.3, -0.25) is 0 Å². The third-order valence-electron chi connectivity index (χ3n) is 16.9. The van der Waals surface area contributed by atoms with Crippen LogP contribution in [-0.2, 0) is 14.1 Å². The molecule has 0 radical (unpaired) electrons. The third kappa shape index (κ3) is 26.0. The van der Waals surface area contributed by atoms with Crippen molar-refractivity contribution in [3.05, 3.63) is 271 Å². The Kier molecular flexibility index (Phi) is 51.4. The Hall–Kier alpha value is -9.34. The summed E-state index contributed by atoms with van der Waals surface area (Å²) in [7, 11) is 10.5. The van der Waals surface area contributed by atoms with E-state index in [1.165, 1.54) is 106 Å². The molecule has 4 aliphatic rings. The van der Waals surface area contributed by atoms with Crippen LogP contribution in [0.2, 0.25) is 0 Å². The lowest BCUT2D eigenvalue weighted by Gasteiger charge is -2.36. The number of nitrogens with zero attached hydrogens (tertiary/aromatic N) is 9. The standard InChI is InChI=1S/C18H18N2.C17H16N.C16H18N2.C12H16N2.C11H13N2.11C2H6/c1-12-7-6-10-16-14-8-4-5-9-15(14)17-11-19(3)13(2)20(17)18(12)16;1-13-7-3-6-10-16(13)17-11-14-8-4-5-9-15(14)12-18(17)2;1-12-8-4-5-9-14(12)18-13(2)17(3)15-10-6-7-11-16(15)18;1-10-6-4-5-7-12(10)14-9-8-13(3)11(14)2;1-10-6-3-4-7-11(10)13-9-5-8-12(13)2;11*1-2/h4-11,13H,1-3H3;3-12H,1-2H3;4-11,13H,1-3H3;4-9,11H,1-3H3;3-9H,1-2H3;11*1-2H3/q;+1;;;+1;;;;;;;;;;;/t13-;;13-;11-;;;;;;;;;;;;/m0.00............/s1. The number of rotatable bonds is 4. The maximum atomic E-state index is 2.47. The molecule has 574 valence electrons. The normalized spacial score (nSPS) is 13.3. The monoisotopic (exact) mass is 1430 g/mol. The lowest BCUT2D eigenvalue weighted by atomic mass is 9.90. The molecular weight excluding hydrogens is 1280 g/mol. The van der Waals surface area contributed by atoms with Gasteiger partial charge in [0.25, 0.3) is 0 Å². The Morgan fingerprint density at radius 2 is 0.733 bits per heavy atom. The van der Waals surface area contributed by atoms with E-state index < -0.39 is 0 Å². The number of pyridine rings is 1. The van der Waals surface area contributed by atoms with Gasteiger partial charge in [0, 0.05) is 85.3 Å². The van der Waals surface area contributed by atoms with Crippen LogP contribution in [0, 0.1) is 34.6 Å². The van der Waals surface area contributed by atoms with Crippen LogP contribution in [0.1, 0.15) is 206 Å². The van der Waals surface area contributed by atoms with Crippen molar-refractivity contribution < 1.29 is 9.25 Å². The van der Waals surface area contributed by atoms with Gasteiger partial charge < -0.3 is 29.4 Å². The number of fused-ring (bicyclic) bond motifs is 8. The number of benzene rings is 8. The van der Waals surface area contributed by atoms with Gasteiger partial charge in [-0.25, -0.2) is 4.57 Å². The predicted octanol–water partition coefficient (Wildman–Crippen LogP) is 27.1. The Morgan fingerprint density at radius 3 is 1.21 bits per heavy atom. The van der Waals surface area contributed by atoms with Crippen LogP contribution in [0.3, 0.4) is 0 Å². The second-order valence-corrected chi connectivity index (χ2v) is 22.3. The summed E-state index contributed by atoms with van der Waals surface area (Å²) in [6, 6.07) is 70.6. The SMILES string of the molecule is CC.CC.CC.CC.CC.CC.CC.CC.CC.CC.CC.Cc1cccc2c1N1C(=CN(C)[C@@H]1C)c1ccccc1-2.Cc1ccccc1-c1cc2ccccc2c[n+]1C.Cc1ccccc1-n1ccc[n+]1C.Cc1ccccc1N1C=CN(C)[C@@H]1C.Cc1ccccc1N1c2ccccc2N(C)[C@@H]1C. The number of hydrogen-bond donors (Lipinski definition) is 0. The van der Waals surface area contributed by atoms with E-state index >= 15 is 0 Å². The molecule has 6 heterocycles. The largest absolute Gasteiger partial charge is 0.359 e. The van der Waals surface area contributed by atoms with Gasteiger partial charge in [0.05, 0.1) is 29.0 Å². The minimum absolute atomic E-state index is 0.350. The van der Waals surface area contributed by atoms with Gasteiger partial charge in [-0.15, -0.1) is 9.36 Å². The van der Waals surface area contributed by atoms with Crippen LogP contribution in [0.4, 0.5) is 28.4 Å².